The van der Waals surface area contributed by atoms with Crippen molar-refractivity contribution in [3.8, 4) is 5.75 Å². The summed E-state index contributed by atoms with van der Waals surface area (Å²) < 4.78 is 46.2. The molecular formula is C15H20F3NO2. The van der Waals surface area contributed by atoms with E-state index in [9.17, 15) is 13.2 Å². The Morgan fingerprint density at radius 1 is 1.24 bits per heavy atom. The molecule has 1 saturated heterocycles. The van der Waals surface area contributed by atoms with Crippen molar-refractivity contribution in [2.75, 3.05) is 19.8 Å². The molecule has 0 bridgehead atoms. The first-order valence-electron chi connectivity index (χ1n) is 7.07. The van der Waals surface area contributed by atoms with Crippen LogP contribution in [0.3, 0.4) is 0 Å². The predicted molar refractivity (Wildman–Crippen MR) is 73.4 cm³/mol. The molecule has 1 aliphatic rings. The molecule has 1 aliphatic heterocycles. The van der Waals surface area contributed by atoms with E-state index < -0.39 is 12.8 Å². The smallest absolute Gasteiger partial charge is 0.422 e. The second-order valence-electron chi connectivity index (χ2n) is 5.25. The lowest BCUT2D eigenvalue weighted by molar-refractivity contribution is -0.153. The van der Waals surface area contributed by atoms with E-state index >= 15 is 0 Å². The molecule has 2 rings (SSSR count). The van der Waals surface area contributed by atoms with Gasteiger partial charge in [-0.3, -0.25) is 0 Å². The minimum Gasteiger partial charge on any atom is -0.484 e. The number of hydrogen-bond acceptors (Lipinski definition) is 3. The van der Waals surface area contributed by atoms with Gasteiger partial charge in [0.1, 0.15) is 5.75 Å². The number of ether oxygens (including phenoxy) is 2. The number of halogens is 3. The van der Waals surface area contributed by atoms with Crippen molar-refractivity contribution in [1.29, 1.82) is 0 Å². The van der Waals surface area contributed by atoms with Gasteiger partial charge < -0.3 is 14.8 Å². The molecule has 1 aromatic rings. The average molecular weight is 303 g/mol. The highest BCUT2D eigenvalue weighted by atomic mass is 19.4. The van der Waals surface area contributed by atoms with Crippen molar-refractivity contribution in [3.63, 3.8) is 0 Å². The zero-order valence-electron chi connectivity index (χ0n) is 12.0. The lowest BCUT2D eigenvalue weighted by Crippen LogP contribution is -2.36. The Labute approximate surface area is 122 Å². The molecule has 0 saturated carbocycles. The van der Waals surface area contributed by atoms with Crippen molar-refractivity contribution in [1.82, 2.24) is 5.32 Å². The Balaban J connectivity index is 1.85. The third-order valence-electron chi connectivity index (χ3n) is 3.49. The van der Waals surface area contributed by atoms with Crippen LogP contribution in [-0.4, -0.2) is 32.0 Å². The first-order chi connectivity index (χ1) is 9.94. The molecule has 1 N–H and O–H groups in total. The molecule has 3 nitrogen and oxygen atoms in total. The summed E-state index contributed by atoms with van der Waals surface area (Å²) in [6, 6.07) is 7.30. The van der Waals surface area contributed by atoms with E-state index in [1.165, 1.54) is 0 Å². The monoisotopic (exact) mass is 303 g/mol. The summed E-state index contributed by atoms with van der Waals surface area (Å²) in [5, 5.41) is 3.51. The summed E-state index contributed by atoms with van der Waals surface area (Å²) in [5.41, 5.74) is 1.03. The van der Waals surface area contributed by atoms with Crippen molar-refractivity contribution in [3.05, 3.63) is 29.8 Å². The van der Waals surface area contributed by atoms with Crippen LogP contribution >= 0.6 is 0 Å². The van der Waals surface area contributed by atoms with E-state index in [0.29, 0.717) is 6.04 Å². The zero-order chi connectivity index (χ0) is 15.3. The molecule has 0 aromatic heterocycles. The number of nitrogens with one attached hydrogen (secondary N) is 1. The van der Waals surface area contributed by atoms with Crippen LogP contribution < -0.4 is 10.1 Å². The maximum Gasteiger partial charge on any atom is 0.422 e. The largest absolute Gasteiger partial charge is 0.484 e. The lowest BCUT2D eigenvalue weighted by Gasteiger charge is -2.27. The topological polar surface area (TPSA) is 30.5 Å². The van der Waals surface area contributed by atoms with Crippen molar-refractivity contribution >= 4 is 0 Å². The minimum absolute atomic E-state index is 0.143. The number of hydrogen-bond donors (Lipinski definition) is 1. The lowest BCUT2D eigenvalue weighted by atomic mass is 10.0. The molecule has 1 heterocycles. The highest BCUT2D eigenvalue weighted by Crippen LogP contribution is 2.22. The van der Waals surface area contributed by atoms with Gasteiger partial charge in [0.25, 0.3) is 0 Å². The van der Waals surface area contributed by atoms with E-state index in [4.69, 9.17) is 9.47 Å². The van der Waals surface area contributed by atoms with E-state index in [2.05, 4.69) is 5.32 Å². The maximum atomic E-state index is 12.1. The molecule has 0 radical (unpaired) electrons. The van der Waals surface area contributed by atoms with Gasteiger partial charge >= 0.3 is 6.18 Å². The fraction of sp³-hybridized carbons (Fsp3) is 0.600. The summed E-state index contributed by atoms with van der Waals surface area (Å²) in [6.45, 7) is 2.33. The molecule has 1 fully saturated rings. The molecule has 6 heteroatoms. The Morgan fingerprint density at radius 2 is 1.86 bits per heavy atom. The SMILES string of the molecule is CC(NC1CCOCC1)c1ccc(OCC(F)(F)F)cc1. The van der Waals surface area contributed by atoms with Crippen LogP contribution in [0.25, 0.3) is 0 Å². The molecule has 0 aliphatic carbocycles. The molecule has 0 amide bonds. The van der Waals surface area contributed by atoms with Crippen molar-refractivity contribution in [2.45, 2.75) is 38.0 Å². The molecule has 1 unspecified atom stereocenters. The number of benzene rings is 1. The van der Waals surface area contributed by atoms with E-state index in [1.54, 1.807) is 24.3 Å². The van der Waals surface area contributed by atoms with Crippen LogP contribution in [0.1, 0.15) is 31.4 Å². The van der Waals surface area contributed by atoms with E-state index in [-0.39, 0.29) is 11.8 Å². The van der Waals surface area contributed by atoms with E-state index in [0.717, 1.165) is 31.6 Å². The first-order valence-corrected chi connectivity index (χ1v) is 7.07. The summed E-state index contributed by atoms with van der Waals surface area (Å²) in [7, 11) is 0. The van der Waals surface area contributed by atoms with Crippen LogP contribution in [0.5, 0.6) is 5.75 Å². The third kappa shape index (κ3) is 5.55. The Kier molecular flexibility index (Phi) is 5.47. The molecular weight excluding hydrogens is 283 g/mol. The first kappa shape index (κ1) is 16.1. The van der Waals surface area contributed by atoms with Crippen LogP contribution in [0, 0.1) is 0 Å². The highest BCUT2D eigenvalue weighted by Gasteiger charge is 2.28. The summed E-state index contributed by atoms with van der Waals surface area (Å²) in [6.07, 6.45) is -2.34. The molecule has 1 aromatic carbocycles. The van der Waals surface area contributed by atoms with Gasteiger partial charge in [-0.15, -0.1) is 0 Å². The fourth-order valence-electron chi connectivity index (χ4n) is 2.33. The Hall–Kier alpha value is -1.27. The van der Waals surface area contributed by atoms with Gasteiger partial charge in [0.05, 0.1) is 0 Å². The summed E-state index contributed by atoms with van der Waals surface area (Å²) in [5.74, 6) is 0.231. The second-order valence-corrected chi connectivity index (χ2v) is 5.25. The quantitative estimate of drug-likeness (QED) is 0.903. The Bertz CT molecular complexity index is 428. The fourth-order valence-corrected chi connectivity index (χ4v) is 2.33. The van der Waals surface area contributed by atoms with Crippen LogP contribution in [0.2, 0.25) is 0 Å². The summed E-state index contributed by atoms with van der Waals surface area (Å²) in [4.78, 5) is 0. The van der Waals surface area contributed by atoms with Gasteiger partial charge in [-0.1, -0.05) is 12.1 Å². The number of alkyl halides is 3. The average Bonchev–Trinajstić information content (AvgIpc) is 2.46. The third-order valence-corrected chi connectivity index (χ3v) is 3.49. The van der Waals surface area contributed by atoms with Gasteiger partial charge in [0.15, 0.2) is 6.61 Å². The molecule has 1 atom stereocenters. The maximum absolute atomic E-state index is 12.1. The Morgan fingerprint density at radius 3 is 2.43 bits per heavy atom. The van der Waals surface area contributed by atoms with Crippen LogP contribution in [0.4, 0.5) is 13.2 Å². The molecule has 118 valence electrons. The van der Waals surface area contributed by atoms with Gasteiger partial charge in [-0.25, -0.2) is 0 Å². The molecule has 0 spiro atoms. The second kappa shape index (κ2) is 7.13. The van der Waals surface area contributed by atoms with Gasteiger partial charge in [-0.2, -0.15) is 13.2 Å². The van der Waals surface area contributed by atoms with Crippen molar-refractivity contribution < 1.29 is 22.6 Å². The van der Waals surface area contributed by atoms with E-state index in [1.807, 2.05) is 6.92 Å². The minimum atomic E-state index is -4.31. The molecule has 21 heavy (non-hydrogen) atoms. The van der Waals surface area contributed by atoms with Gasteiger partial charge in [0.2, 0.25) is 0 Å². The van der Waals surface area contributed by atoms with Gasteiger partial charge in [-0.05, 0) is 37.5 Å². The van der Waals surface area contributed by atoms with Crippen LogP contribution in [-0.2, 0) is 4.74 Å². The normalized spacial score (nSPS) is 18.5. The number of rotatable bonds is 5. The van der Waals surface area contributed by atoms with Crippen LogP contribution in [0.15, 0.2) is 24.3 Å². The van der Waals surface area contributed by atoms with Crippen molar-refractivity contribution in [2.24, 2.45) is 0 Å². The highest BCUT2D eigenvalue weighted by molar-refractivity contribution is 5.29. The summed E-state index contributed by atoms with van der Waals surface area (Å²) >= 11 is 0. The van der Waals surface area contributed by atoms with Gasteiger partial charge in [0, 0.05) is 25.3 Å². The standard InChI is InChI=1S/C15H20F3NO2/c1-11(19-13-6-8-20-9-7-13)12-2-4-14(5-3-12)21-10-15(16,17)18/h2-5,11,13,19H,6-10H2,1H3. The predicted octanol–water partition coefficient (Wildman–Crippen LogP) is 3.46. The zero-order valence-corrected chi connectivity index (χ0v) is 12.0.